The van der Waals surface area contributed by atoms with E-state index >= 15 is 0 Å². The minimum absolute atomic E-state index is 0.0126. The van der Waals surface area contributed by atoms with Gasteiger partial charge in [0.25, 0.3) is 5.91 Å². The van der Waals surface area contributed by atoms with Crippen molar-refractivity contribution in [2.45, 2.75) is 13.8 Å². The van der Waals surface area contributed by atoms with Gasteiger partial charge in [0.1, 0.15) is 34.2 Å². The number of primary amides is 1. The van der Waals surface area contributed by atoms with Gasteiger partial charge in [-0.2, -0.15) is 0 Å². The Balaban J connectivity index is 2.06. The molecule has 4 aromatic rings. The summed E-state index contributed by atoms with van der Waals surface area (Å²) < 4.78 is 14.7. The number of nitrogens with zero attached hydrogens (tertiary/aromatic N) is 4. The maximum atomic E-state index is 13.2. The minimum atomic E-state index is -0.764. The summed E-state index contributed by atoms with van der Waals surface area (Å²) in [5, 5.41) is 10.2. The molecule has 29 heavy (non-hydrogen) atoms. The van der Waals surface area contributed by atoms with Gasteiger partial charge < -0.3 is 16.6 Å². The summed E-state index contributed by atoms with van der Waals surface area (Å²) in [4.78, 5) is 25.1. The highest BCUT2D eigenvalue weighted by molar-refractivity contribution is 6.09. The molecule has 3 heterocycles. The van der Waals surface area contributed by atoms with Crippen LogP contribution < -0.4 is 11.5 Å². The van der Waals surface area contributed by atoms with Gasteiger partial charge >= 0.3 is 0 Å². The van der Waals surface area contributed by atoms with Crippen LogP contribution in [0.4, 0.5) is 10.2 Å². The third kappa shape index (κ3) is 2.83. The average molecular weight is 392 g/mol. The molecule has 0 bridgehead atoms. The highest BCUT2D eigenvalue weighted by Gasteiger charge is 2.25. The Hall–Kier alpha value is -4.01. The Morgan fingerprint density at radius 2 is 1.86 bits per heavy atom. The van der Waals surface area contributed by atoms with E-state index in [2.05, 4.69) is 15.0 Å². The lowest BCUT2D eigenvalue weighted by Gasteiger charge is -2.15. The molecule has 146 valence electrons. The van der Waals surface area contributed by atoms with E-state index in [9.17, 15) is 14.3 Å². The third-order valence-electron chi connectivity index (χ3n) is 4.76. The number of halogens is 1. The first-order chi connectivity index (χ1) is 13.8. The number of carbonyl (C=O) groups excluding carboxylic acids is 1. The molecule has 1 aromatic carbocycles. The molecule has 9 heteroatoms. The van der Waals surface area contributed by atoms with Gasteiger partial charge in [-0.05, 0) is 37.6 Å². The van der Waals surface area contributed by atoms with Crippen LogP contribution in [0.2, 0.25) is 0 Å². The third-order valence-corrected chi connectivity index (χ3v) is 4.76. The Morgan fingerprint density at radius 1 is 1.10 bits per heavy atom. The number of aryl methyl sites for hydroxylation is 1. The van der Waals surface area contributed by atoms with Crippen molar-refractivity contribution in [1.82, 2.24) is 19.5 Å². The molecule has 0 saturated heterocycles. The number of carbonyl (C=O) groups is 1. The Bertz CT molecular complexity index is 1280. The first kappa shape index (κ1) is 18.4. The highest BCUT2D eigenvalue weighted by atomic mass is 19.1. The second kappa shape index (κ2) is 6.55. The fraction of sp³-hybridized carbons (Fsp3) is 0.100. The molecule has 5 N–H and O–H groups in total. The lowest BCUT2D eigenvalue weighted by Crippen LogP contribution is -2.14. The summed E-state index contributed by atoms with van der Waals surface area (Å²) in [5.41, 5.74) is 15.0. The number of benzene rings is 1. The molecular weight excluding hydrogens is 375 g/mol. The number of hydrogen-bond donors (Lipinski definition) is 3. The molecule has 0 aliphatic heterocycles. The van der Waals surface area contributed by atoms with E-state index in [4.69, 9.17) is 11.5 Å². The number of rotatable bonds is 3. The van der Waals surface area contributed by atoms with Crippen LogP contribution in [-0.4, -0.2) is 30.5 Å². The van der Waals surface area contributed by atoms with E-state index in [-0.39, 0.29) is 22.6 Å². The molecule has 8 nitrogen and oxygen atoms in total. The summed E-state index contributed by atoms with van der Waals surface area (Å²) in [6.07, 6.45) is 2.52. The molecule has 3 aromatic heterocycles. The molecule has 0 aliphatic carbocycles. The normalized spacial score (nSPS) is 11.1. The maximum absolute atomic E-state index is 13.2. The van der Waals surface area contributed by atoms with Crippen molar-refractivity contribution < 1.29 is 14.3 Å². The second-order valence-electron chi connectivity index (χ2n) is 6.62. The van der Waals surface area contributed by atoms with E-state index in [1.54, 1.807) is 23.6 Å². The monoisotopic (exact) mass is 392 g/mol. The first-order valence-electron chi connectivity index (χ1n) is 8.67. The smallest absolute Gasteiger partial charge is 0.254 e. The molecule has 0 radical (unpaired) electrons. The summed E-state index contributed by atoms with van der Waals surface area (Å²) in [6.45, 7) is 3.58. The lowest BCUT2D eigenvalue weighted by molar-refractivity contribution is 0.100. The van der Waals surface area contributed by atoms with Gasteiger partial charge in [0, 0.05) is 5.56 Å². The van der Waals surface area contributed by atoms with Crippen molar-refractivity contribution in [3.8, 4) is 22.8 Å². The van der Waals surface area contributed by atoms with Gasteiger partial charge in [-0.25, -0.2) is 14.4 Å². The van der Waals surface area contributed by atoms with E-state index in [1.807, 2.05) is 6.92 Å². The molecular formula is C20H17FN6O2. The Labute approximate surface area is 164 Å². The lowest BCUT2D eigenvalue weighted by atomic mass is 10.1. The summed E-state index contributed by atoms with van der Waals surface area (Å²) in [6, 6.07) is 6.02. The van der Waals surface area contributed by atoms with Crippen molar-refractivity contribution in [3.63, 3.8) is 0 Å². The number of nitrogen functional groups attached to an aromatic ring is 1. The predicted octanol–water partition coefficient (Wildman–Crippen LogP) is 2.63. The van der Waals surface area contributed by atoms with E-state index in [0.717, 1.165) is 11.8 Å². The van der Waals surface area contributed by atoms with Crippen molar-refractivity contribution in [2.75, 3.05) is 5.73 Å². The number of phenols is 1. The standard InChI is InChI=1S/C20H17FN6O2/c1-9-3-6-14(28)10(2)17(9)27-18(22)15(19(23)29)16-20(27)25-8-13(26-16)12-5-4-11(21)7-24-12/h3-8,28H,22H2,1-2H3,(H2,23,29). The molecule has 0 saturated carbocycles. The zero-order valence-corrected chi connectivity index (χ0v) is 15.6. The van der Waals surface area contributed by atoms with Crippen LogP contribution in [0.15, 0.2) is 36.7 Å². The van der Waals surface area contributed by atoms with Crippen LogP contribution in [0, 0.1) is 19.7 Å². The fourth-order valence-corrected chi connectivity index (χ4v) is 3.35. The molecule has 0 fully saturated rings. The van der Waals surface area contributed by atoms with Crippen molar-refractivity contribution in [3.05, 3.63) is 59.2 Å². The number of pyridine rings is 1. The van der Waals surface area contributed by atoms with Gasteiger partial charge in [-0.1, -0.05) is 6.07 Å². The van der Waals surface area contributed by atoms with Crippen LogP contribution >= 0.6 is 0 Å². The molecule has 1 amide bonds. The minimum Gasteiger partial charge on any atom is -0.508 e. The summed E-state index contributed by atoms with van der Waals surface area (Å²) in [7, 11) is 0. The number of phenolic OH excluding ortho intramolecular Hbond substituents is 1. The van der Waals surface area contributed by atoms with E-state index < -0.39 is 11.7 Å². The molecule has 0 unspecified atom stereocenters. The van der Waals surface area contributed by atoms with Gasteiger partial charge in [0.15, 0.2) is 5.65 Å². The van der Waals surface area contributed by atoms with Crippen molar-refractivity contribution in [2.24, 2.45) is 5.73 Å². The largest absolute Gasteiger partial charge is 0.508 e. The van der Waals surface area contributed by atoms with Gasteiger partial charge in [-0.15, -0.1) is 0 Å². The van der Waals surface area contributed by atoms with Crippen LogP contribution in [0.1, 0.15) is 21.5 Å². The van der Waals surface area contributed by atoms with Crippen LogP contribution in [0.3, 0.4) is 0 Å². The Kier molecular flexibility index (Phi) is 4.15. The number of fused-ring (bicyclic) bond motifs is 1. The van der Waals surface area contributed by atoms with Crippen molar-refractivity contribution in [1.29, 1.82) is 0 Å². The predicted molar refractivity (Wildman–Crippen MR) is 106 cm³/mol. The number of amides is 1. The maximum Gasteiger partial charge on any atom is 0.254 e. The summed E-state index contributed by atoms with van der Waals surface area (Å²) in [5.74, 6) is -1.10. The fourth-order valence-electron chi connectivity index (χ4n) is 3.35. The quantitative estimate of drug-likeness (QED) is 0.491. The van der Waals surface area contributed by atoms with Gasteiger partial charge in [0.2, 0.25) is 0 Å². The van der Waals surface area contributed by atoms with Crippen LogP contribution in [-0.2, 0) is 0 Å². The number of hydrogen-bond acceptors (Lipinski definition) is 6. The zero-order chi connectivity index (χ0) is 20.9. The second-order valence-corrected chi connectivity index (χ2v) is 6.62. The molecule has 0 atom stereocenters. The number of anilines is 1. The average Bonchev–Trinajstić information content (AvgIpc) is 2.97. The first-order valence-corrected chi connectivity index (χ1v) is 8.67. The van der Waals surface area contributed by atoms with Crippen LogP contribution in [0.5, 0.6) is 5.75 Å². The SMILES string of the molecule is Cc1ccc(O)c(C)c1-n1c(N)c(C(N)=O)c2nc(-c3ccc(F)cn3)cnc21. The number of aromatic nitrogens is 4. The van der Waals surface area contributed by atoms with E-state index in [1.165, 1.54) is 18.3 Å². The zero-order valence-electron chi connectivity index (χ0n) is 15.6. The van der Waals surface area contributed by atoms with E-state index in [0.29, 0.717) is 28.3 Å². The summed E-state index contributed by atoms with van der Waals surface area (Å²) >= 11 is 0. The number of aromatic hydroxyl groups is 1. The van der Waals surface area contributed by atoms with Gasteiger partial charge in [-0.3, -0.25) is 14.3 Å². The number of nitrogens with two attached hydrogens (primary N) is 2. The van der Waals surface area contributed by atoms with Crippen molar-refractivity contribution >= 4 is 22.9 Å². The van der Waals surface area contributed by atoms with Crippen LogP contribution in [0.25, 0.3) is 28.2 Å². The molecule has 4 rings (SSSR count). The highest BCUT2D eigenvalue weighted by Crippen LogP contribution is 2.35. The van der Waals surface area contributed by atoms with Gasteiger partial charge in [0.05, 0.1) is 23.8 Å². The topological polar surface area (TPSA) is 133 Å². The molecule has 0 aliphatic rings. The molecule has 0 spiro atoms. The Morgan fingerprint density at radius 3 is 2.52 bits per heavy atom.